The van der Waals surface area contributed by atoms with Crippen LogP contribution in [0.15, 0.2) is 11.0 Å². The summed E-state index contributed by atoms with van der Waals surface area (Å²) in [7, 11) is 0.574. The van der Waals surface area contributed by atoms with Gasteiger partial charge in [-0.1, -0.05) is 6.92 Å². The van der Waals surface area contributed by atoms with Crippen molar-refractivity contribution in [2.24, 2.45) is 0 Å². The molecule has 0 atom stereocenters. The summed E-state index contributed by atoms with van der Waals surface area (Å²) in [6.45, 7) is 6.83. The molecule has 0 aliphatic carbocycles. The standard InChI is InChI=1S/C13H25N3O2S2/c1-5-14-10-12-9-13(11(2)19-12)20(17,18)15-7-6-8-16(3)4/h9,14-15H,5-8,10H2,1-4H3. The van der Waals surface area contributed by atoms with Crippen LogP contribution in [-0.2, 0) is 16.6 Å². The highest BCUT2D eigenvalue weighted by Gasteiger charge is 2.19. The molecular formula is C13H25N3O2S2. The van der Waals surface area contributed by atoms with E-state index in [1.54, 1.807) is 6.07 Å². The average molecular weight is 319 g/mol. The van der Waals surface area contributed by atoms with Crippen molar-refractivity contribution in [3.05, 3.63) is 15.8 Å². The molecule has 0 spiro atoms. The predicted molar refractivity (Wildman–Crippen MR) is 84.8 cm³/mol. The van der Waals surface area contributed by atoms with Gasteiger partial charge in [-0.3, -0.25) is 0 Å². The Morgan fingerprint density at radius 1 is 1.35 bits per heavy atom. The third-order valence-electron chi connectivity index (χ3n) is 2.84. The van der Waals surface area contributed by atoms with E-state index in [-0.39, 0.29) is 0 Å². The molecule has 1 aromatic rings. The summed E-state index contributed by atoms with van der Waals surface area (Å²) in [6, 6.07) is 1.77. The van der Waals surface area contributed by atoms with Gasteiger partial charge in [-0.05, 0) is 46.6 Å². The highest BCUT2D eigenvalue weighted by Crippen LogP contribution is 2.25. The summed E-state index contributed by atoms with van der Waals surface area (Å²) in [5, 5.41) is 3.21. The lowest BCUT2D eigenvalue weighted by Crippen LogP contribution is -2.27. The maximum atomic E-state index is 12.2. The summed E-state index contributed by atoms with van der Waals surface area (Å²) < 4.78 is 27.2. The minimum Gasteiger partial charge on any atom is -0.312 e. The van der Waals surface area contributed by atoms with Crippen molar-refractivity contribution in [1.29, 1.82) is 0 Å². The molecule has 0 unspecified atom stereocenters. The minimum atomic E-state index is -3.38. The van der Waals surface area contributed by atoms with Crippen molar-refractivity contribution in [3.63, 3.8) is 0 Å². The van der Waals surface area contributed by atoms with E-state index < -0.39 is 10.0 Å². The van der Waals surface area contributed by atoms with E-state index in [1.165, 1.54) is 11.3 Å². The Bertz CT molecular complexity index is 510. The fraction of sp³-hybridized carbons (Fsp3) is 0.692. The van der Waals surface area contributed by atoms with Crippen LogP contribution in [0.1, 0.15) is 23.1 Å². The van der Waals surface area contributed by atoms with Gasteiger partial charge in [0.15, 0.2) is 0 Å². The predicted octanol–water partition coefficient (Wildman–Crippen LogP) is 1.40. The van der Waals surface area contributed by atoms with Gasteiger partial charge in [0.1, 0.15) is 0 Å². The number of rotatable bonds is 9. The Kier molecular flexibility index (Phi) is 7.11. The number of nitrogens with one attached hydrogen (secondary N) is 2. The van der Waals surface area contributed by atoms with Crippen LogP contribution in [0.5, 0.6) is 0 Å². The highest BCUT2D eigenvalue weighted by molar-refractivity contribution is 7.89. The number of thiophene rings is 1. The van der Waals surface area contributed by atoms with Crippen molar-refractivity contribution in [1.82, 2.24) is 14.9 Å². The van der Waals surface area contributed by atoms with Gasteiger partial charge < -0.3 is 10.2 Å². The summed E-state index contributed by atoms with van der Waals surface area (Å²) in [4.78, 5) is 4.36. The second kappa shape index (κ2) is 8.09. The van der Waals surface area contributed by atoms with Gasteiger partial charge in [-0.15, -0.1) is 11.3 Å². The molecule has 116 valence electrons. The smallest absolute Gasteiger partial charge is 0.241 e. The molecule has 0 fully saturated rings. The van der Waals surface area contributed by atoms with Crippen LogP contribution in [0.2, 0.25) is 0 Å². The van der Waals surface area contributed by atoms with Crippen molar-refractivity contribution < 1.29 is 8.42 Å². The number of aryl methyl sites for hydroxylation is 1. The monoisotopic (exact) mass is 319 g/mol. The zero-order valence-electron chi connectivity index (χ0n) is 12.7. The number of sulfonamides is 1. The van der Waals surface area contributed by atoms with E-state index in [1.807, 2.05) is 32.8 Å². The lowest BCUT2D eigenvalue weighted by molar-refractivity contribution is 0.400. The molecule has 1 aromatic heterocycles. The summed E-state index contributed by atoms with van der Waals surface area (Å²) in [6.07, 6.45) is 0.805. The van der Waals surface area contributed by atoms with Crippen LogP contribution in [0.4, 0.5) is 0 Å². The molecule has 2 N–H and O–H groups in total. The zero-order valence-corrected chi connectivity index (χ0v) is 14.3. The molecule has 0 radical (unpaired) electrons. The largest absolute Gasteiger partial charge is 0.312 e. The first-order valence-corrected chi connectivity index (χ1v) is 9.11. The van der Waals surface area contributed by atoms with Gasteiger partial charge in [0.25, 0.3) is 0 Å². The van der Waals surface area contributed by atoms with Gasteiger partial charge in [-0.2, -0.15) is 0 Å². The van der Waals surface area contributed by atoms with E-state index in [0.717, 1.165) is 35.8 Å². The first kappa shape index (κ1) is 17.6. The molecule has 0 aliphatic rings. The Balaban J connectivity index is 2.64. The normalized spacial score (nSPS) is 12.2. The quantitative estimate of drug-likeness (QED) is 0.675. The molecule has 0 aromatic carbocycles. The average Bonchev–Trinajstić information content (AvgIpc) is 2.74. The Morgan fingerprint density at radius 2 is 2.05 bits per heavy atom. The third-order valence-corrected chi connectivity index (χ3v) is 5.60. The highest BCUT2D eigenvalue weighted by atomic mass is 32.2. The minimum absolute atomic E-state index is 0.417. The molecule has 0 aliphatic heterocycles. The van der Waals surface area contributed by atoms with Crippen LogP contribution in [0.3, 0.4) is 0 Å². The lowest BCUT2D eigenvalue weighted by Gasteiger charge is -2.10. The van der Waals surface area contributed by atoms with Crippen molar-refractivity contribution >= 4 is 21.4 Å². The first-order chi connectivity index (χ1) is 9.36. The number of hydrogen-bond donors (Lipinski definition) is 2. The molecule has 0 bridgehead atoms. The second-order valence-corrected chi connectivity index (χ2v) is 8.04. The van der Waals surface area contributed by atoms with Gasteiger partial charge in [0.05, 0.1) is 4.90 Å². The lowest BCUT2D eigenvalue weighted by atomic mass is 10.4. The fourth-order valence-electron chi connectivity index (χ4n) is 1.81. The van der Waals surface area contributed by atoms with Crippen LogP contribution in [0, 0.1) is 6.92 Å². The van der Waals surface area contributed by atoms with Gasteiger partial charge in [-0.25, -0.2) is 13.1 Å². The molecule has 0 amide bonds. The molecule has 1 heterocycles. The summed E-state index contributed by atoms with van der Waals surface area (Å²) in [5.74, 6) is 0. The molecule has 7 heteroatoms. The number of hydrogen-bond acceptors (Lipinski definition) is 5. The first-order valence-electron chi connectivity index (χ1n) is 6.81. The fourth-order valence-corrected chi connectivity index (χ4v) is 4.48. The van der Waals surface area contributed by atoms with Crippen LogP contribution < -0.4 is 10.0 Å². The van der Waals surface area contributed by atoms with Crippen LogP contribution in [-0.4, -0.2) is 47.0 Å². The van der Waals surface area contributed by atoms with E-state index in [4.69, 9.17) is 0 Å². The van der Waals surface area contributed by atoms with Crippen LogP contribution >= 0.6 is 11.3 Å². The summed E-state index contributed by atoms with van der Waals surface area (Å²) >= 11 is 1.54. The van der Waals surface area contributed by atoms with Gasteiger partial charge in [0, 0.05) is 22.8 Å². The topological polar surface area (TPSA) is 61.4 Å². The van der Waals surface area contributed by atoms with E-state index in [2.05, 4.69) is 10.0 Å². The Labute approximate surface area is 126 Å². The van der Waals surface area contributed by atoms with E-state index in [9.17, 15) is 8.42 Å². The van der Waals surface area contributed by atoms with E-state index >= 15 is 0 Å². The van der Waals surface area contributed by atoms with E-state index in [0.29, 0.717) is 11.4 Å². The molecule has 5 nitrogen and oxygen atoms in total. The van der Waals surface area contributed by atoms with Crippen LogP contribution in [0.25, 0.3) is 0 Å². The molecular weight excluding hydrogens is 294 g/mol. The number of nitrogens with zero attached hydrogens (tertiary/aromatic N) is 1. The molecule has 0 saturated heterocycles. The maximum Gasteiger partial charge on any atom is 0.241 e. The molecule has 20 heavy (non-hydrogen) atoms. The third kappa shape index (κ3) is 5.49. The maximum absolute atomic E-state index is 12.2. The van der Waals surface area contributed by atoms with Crippen molar-refractivity contribution in [2.45, 2.75) is 31.7 Å². The second-order valence-electron chi connectivity index (χ2n) is 4.97. The SMILES string of the molecule is CCNCc1cc(S(=O)(=O)NCCCN(C)C)c(C)s1. The van der Waals surface area contributed by atoms with Crippen molar-refractivity contribution in [3.8, 4) is 0 Å². The molecule has 1 rings (SSSR count). The van der Waals surface area contributed by atoms with Gasteiger partial charge in [0.2, 0.25) is 10.0 Å². The molecule has 0 saturated carbocycles. The van der Waals surface area contributed by atoms with Crippen molar-refractivity contribution in [2.75, 3.05) is 33.7 Å². The Hall–Kier alpha value is -0.470. The summed E-state index contributed by atoms with van der Waals surface area (Å²) in [5.41, 5.74) is 0. The zero-order chi connectivity index (χ0) is 15.2. The Morgan fingerprint density at radius 3 is 2.65 bits per heavy atom. The van der Waals surface area contributed by atoms with Gasteiger partial charge >= 0.3 is 0 Å².